The molecule has 0 aliphatic heterocycles. The summed E-state index contributed by atoms with van der Waals surface area (Å²) < 4.78 is 5.04. The Bertz CT molecular complexity index is 884. The second-order valence-electron chi connectivity index (χ2n) is 5.46. The fraction of sp³-hybridized carbons (Fsp3) is 0.158. The zero-order valence-electron chi connectivity index (χ0n) is 13.4. The van der Waals surface area contributed by atoms with Crippen molar-refractivity contribution in [3.05, 3.63) is 58.9 Å². The minimum atomic E-state index is 0.243. The van der Waals surface area contributed by atoms with E-state index >= 15 is 0 Å². The van der Waals surface area contributed by atoms with Crippen molar-refractivity contribution in [1.29, 1.82) is 0 Å². The van der Waals surface area contributed by atoms with Gasteiger partial charge in [-0.2, -0.15) is 0 Å². The van der Waals surface area contributed by atoms with Crippen LogP contribution in [0.25, 0.3) is 23.1 Å². The molecule has 116 valence electrons. The van der Waals surface area contributed by atoms with Crippen LogP contribution < -0.4 is 4.74 Å². The van der Waals surface area contributed by atoms with E-state index in [1.807, 2.05) is 56.3 Å². The summed E-state index contributed by atoms with van der Waals surface area (Å²) in [6.45, 7) is 3.91. The van der Waals surface area contributed by atoms with Crippen LogP contribution in [0.5, 0.6) is 11.6 Å². The van der Waals surface area contributed by atoms with Crippen LogP contribution >= 0.6 is 0 Å². The minimum Gasteiger partial charge on any atom is -0.505 e. The molecule has 23 heavy (non-hydrogen) atoms. The summed E-state index contributed by atoms with van der Waals surface area (Å²) in [5, 5.41) is 11.2. The van der Waals surface area contributed by atoms with E-state index in [9.17, 15) is 5.11 Å². The molecule has 2 aromatic heterocycles. The summed E-state index contributed by atoms with van der Waals surface area (Å²) in [7, 11) is 1.59. The van der Waals surface area contributed by atoms with Gasteiger partial charge in [0, 0.05) is 17.6 Å². The van der Waals surface area contributed by atoms with Gasteiger partial charge in [-0.25, -0.2) is 9.97 Å². The predicted octanol–water partition coefficient (Wildman–Crippen LogP) is 4.13. The van der Waals surface area contributed by atoms with Crippen LogP contribution in [0.1, 0.15) is 22.4 Å². The lowest BCUT2D eigenvalue weighted by molar-refractivity contribution is 0.398. The Balaban J connectivity index is 1.96. The van der Waals surface area contributed by atoms with Gasteiger partial charge in [0.1, 0.15) is 11.3 Å². The molecule has 1 N–H and O–H groups in total. The number of phenolic OH excluding ortho intramolecular Hbond substituents is 1. The van der Waals surface area contributed by atoms with E-state index in [4.69, 9.17) is 4.74 Å². The normalized spacial score (nSPS) is 11.3. The van der Waals surface area contributed by atoms with Crippen LogP contribution in [0.2, 0.25) is 0 Å². The number of pyridine rings is 2. The van der Waals surface area contributed by atoms with Crippen molar-refractivity contribution >= 4 is 23.1 Å². The molecule has 3 aromatic rings. The lowest BCUT2D eigenvalue weighted by Crippen LogP contribution is -1.89. The predicted molar refractivity (Wildman–Crippen MR) is 92.6 cm³/mol. The maximum Gasteiger partial charge on any atom is 0.212 e. The largest absolute Gasteiger partial charge is 0.505 e. The van der Waals surface area contributed by atoms with E-state index < -0.39 is 0 Å². The monoisotopic (exact) mass is 306 g/mol. The van der Waals surface area contributed by atoms with Crippen LogP contribution in [-0.4, -0.2) is 22.2 Å². The van der Waals surface area contributed by atoms with Crippen molar-refractivity contribution in [3.63, 3.8) is 0 Å². The van der Waals surface area contributed by atoms with Gasteiger partial charge in [-0.1, -0.05) is 18.2 Å². The second-order valence-corrected chi connectivity index (χ2v) is 5.46. The van der Waals surface area contributed by atoms with E-state index in [-0.39, 0.29) is 5.75 Å². The Morgan fingerprint density at radius 1 is 1.04 bits per heavy atom. The van der Waals surface area contributed by atoms with Crippen LogP contribution in [0, 0.1) is 13.8 Å². The fourth-order valence-electron chi connectivity index (χ4n) is 2.52. The summed E-state index contributed by atoms with van der Waals surface area (Å²) in [6.07, 6.45) is 5.57. The molecule has 0 spiro atoms. The standard InChI is InChI=1S/C19H18N2O2/c1-12-10-13(2)19(22)18-16(12)8-7-15(21-18)6-4-14-5-9-17(23-3)20-11-14/h4-11,22H,1-3H3/b6-4+. The number of aromatic nitrogens is 2. The van der Waals surface area contributed by atoms with Crippen molar-refractivity contribution in [1.82, 2.24) is 9.97 Å². The highest BCUT2D eigenvalue weighted by Gasteiger charge is 2.08. The first-order valence-electron chi connectivity index (χ1n) is 7.36. The highest BCUT2D eigenvalue weighted by molar-refractivity contribution is 5.89. The number of hydrogen-bond donors (Lipinski definition) is 1. The lowest BCUT2D eigenvalue weighted by Gasteiger charge is -2.07. The lowest BCUT2D eigenvalue weighted by atomic mass is 10.0. The summed E-state index contributed by atoms with van der Waals surface area (Å²) in [6, 6.07) is 9.64. The van der Waals surface area contributed by atoms with E-state index in [1.54, 1.807) is 13.3 Å². The fourth-order valence-corrected chi connectivity index (χ4v) is 2.52. The summed E-state index contributed by atoms with van der Waals surface area (Å²) in [4.78, 5) is 8.73. The molecule has 0 saturated heterocycles. The van der Waals surface area contributed by atoms with Gasteiger partial charge in [0.25, 0.3) is 0 Å². The number of ether oxygens (including phenoxy) is 1. The summed E-state index contributed by atoms with van der Waals surface area (Å²) in [5.74, 6) is 0.828. The highest BCUT2D eigenvalue weighted by atomic mass is 16.5. The Hall–Kier alpha value is -2.88. The second kappa shape index (κ2) is 6.08. The molecule has 4 nitrogen and oxygen atoms in total. The maximum atomic E-state index is 10.2. The third kappa shape index (κ3) is 3.01. The van der Waals surface area contributed by atoms with Crippen LogP contribution in [0.4, 0.5) is 0 Å². The quantitative estimate of drug-likeness (QED) is 0.790. The molecular weight excluding hydrogens is 288 g/mol. The molecule has 0 aliphatic carbocycles. The van der Waals surface area contributed by atoms with Crippen LogP contribution in [-0.2, 0) is 0 Å². The topological polar surface area (TPSA) is 55.2 Å². The molecule has 0 atom stereocenters. The van der Waals surface area contributed by atoms with Gasteiger partial charge in [0.15, 0.2) is 0 Å². The molecular formula is C19H18N2O2. The first-order valence-corrected chi connectivity index (χ1v) is 7.36. The molecule has 0 unspecified atom stereocenters. The number of aryl methyl sites for hydroxylation is 2. The number of aromatic hydroxyl groups is 1. The molecule has 4 heteroatoms. The SMILES string of the molecule is COc1ccc(/C=C/c2ccc3c(C)cc(C)c(O)c3n2)cn1. The molecule has 0 bridgehead atoms. The average Bonchev–Trinajstić information content (AvgIpc) is 2.58. The van der Waals surface area contributed by atoms with Crippen molar-refractivity contribution in [2.75, 3.05) is 7.11 Å². The Kier molecular flexibility index (Phi) is 3.98. The van der Waals surface area contributed by atoms with E-state index in [0.717, 1.165) is 27.8 Å². The van der Waals surface area contributed by atoms with Crippen LogP contribution in [0.3, 0.4) is 0 Å². The Labute approximate surface area is 135 Å². The van der Waals surface area contributed by atoms with Gasteiger partial charge in [-0.05, 0) is 48.7 Å². The van der Waals surface area contributed by atoms with Crippen LogP contribution in [0.15, 0.2) is 36.5 Å². The van der Waals surface area contributed by atoms with Gasteiger partial charge in [-0.15, -0.1) is 0 Å². The van der Waals surface area contributed by atoms with Gasteiger partial charge >= 0.3 is 0 Å². The molecule has 0 fully saturated rings. The van der Waals surface area contributed by atoms with E-state index in [1.165, 1.54) is 0 Å². The number of rotatable bonds is 3. The smallest absolute Gasteiger partial charge is 0.212 e. The maximum absolute atomic E-state index is 10.2. The highest BCUT2D eigenvalue weighted by Crippen LogP contribution is 2.29. The van der Waals surface area contributed by atoms with Gasteiger partial charge < -0.3 is 9.84 Å². The first-order chi connectivity index (χ1) is 11.1. The summed E-state index contributed by atoms with van der Waals surface area (Å²) in [5.41, 5.74) is 4.32. The molecule has 0 amide bonds. The zero-order chi connectivity index (χ0) is 16.4. The van der Waals surface area contributed by atoms with Crippen molar-refractivity contribution in [2.24, 2.45) is 0 Å². The summed E-state index contributed by atoms with van der Waals surface area (Å²) >= 11 is 0. The third-order valence-corrected chi connectivity index (χ3v) is 3.79. The van der Waals surface area contributed by atoms with Gasteiger partial charge in [-0.3, -0.25) is 0 Å². The average molecular weight is 306 g/mol. The Morgan fingerprint density at radius 3 is 2.57 bits per heavy atom. The molecule has 2 heterocycles. The molecule has 0 aliphatic rings. The zero-order valence-corrected chi connectivity index (χ0v) is 13.4. The Morgan fingerprint density at radius 2 is 1.87 bits per heavy atom. The van der Waals surface area contributed by atoms with Gasteiger partial charge in [0.05, 0.1) is 12.8 Å². The molecule has 3 rings (SSSR count). The third-order valence-electron chi connectivity index (χ3n) is 3.79. The number of phenols is 1. The molecule has 0 radical (unpaired) electrons. The van der Waals surface area contributed by atoms with Crippen molar-refractivity contribution in [3.8, 4) is 11.6 Å². The van der Waals surface area contributed by atoms with E-state index in [2.05, 4.69) is 9.97 Å². The number of hydrogen-bond acceptors (Lipinski definition) is 4. The number of nitrogens with zero attached hydrogens (tertiary/aromatic N) is 2. The number of fused-ring (bicyclic) bond motifs is 1. The molecule has 0 saturated carbocycles. The van der Waals surface area contributed by atoms with Crippen molar-refractivity contribution < 1.29 is 9.84 Å². The van der Waals surface area contributed by atoms with Gasteiger partial charge in [0.2, 0.25) is 5.88 Å². The first kappa shape index (κ1) is 15.0. The van der Waals surface area contributed by atoms with Crippen molar-refractivity contribution in [2.45, 2.75) is 13.8 Å². The van der Waals surface area contributed by atoms with E-state index in [0.29, 0.717) is 11.4 Å². The molecule has 1 aromatic carbocycles. The number of benzene rings is 1. The minimum absolute atomic E-state index is 0.243. The number of methoxy groups -OCH3 is 1.